The molecular weight excluding hydrogens is 505 g/mol. The molecule has 1 spiro atoms. The van der Waals surface area contributed by atoms with Gasteiger partial charge in [-0.2, -0.15) is 0 Å². The molecule has 8 nitrogen and oxygen atoms in total. The van der Waals surface area contributed by atoms with E-state index in [-0.39, 0.29) is 36.8 Å². The lowest BCUT2D eigenvalue weighted by Gasteiger charge is -2.31. The maximum absolute atomic E-state index is 15.8. The van der Waals surface area contributed by atoms with Crippen LogP contribution in [0.5, 0.6) is 0 Å². The van der Waals surface area contributed by atoms with Crippen molar-refractivity contribution in [2.75, 3.05) is 23.8 Å². The average molecular weight is 540 g/mol. The van der Waals surface area contributed by atoms with Crippen LogP contribution in [0.15, 0.2) is 48.5 Å². The Hall–Kier alpha value is -3.08. The molecule has 0 aliphatic carbocycles. The van der Waals surface area contributed by atoms with E-state index < -0.39 is 31.6 Å². The van der Waals surface area contributed by atoms with Crippen LogP contribution in [-0.2, 0) is 19.9 Å². The molecule has 3 N–H and O–H groups in total. The van der Waals surface area contributed by atoms with Gasteiger partial charge >= 0.3 is 0 Å². The number of amides is 3. The molecule has 3 aliphatic heterocycles. The van der Waals surface area contributed by atoms with Gasteiger partial charge in [-0.05, 0) is 56.3 Å². The summed E-state index contributed by atoms with van der Waals surface area (Å²) in [7, 11) is -3.41. The summed E-state index contributed by atoms with van der Waals surface area (Å²) in [6.45, 7) is 5.43. The average Bonchev–Trinajstić information content (AvgIpc) is 3.55. The first-order chi connectivity index (χ1) is 18.1. The Kier molecular flexibility index (Phi) is 6.91. The Bertz CT molecular complexity index is 1250. The molecule has 202 valence electrons. The molecule has 0 bridgehead atoms. The van der Waals surface area contributed by atoms with Crippen molar-refractivity contribution in [3.05, 3.63) is 59.7 Å². The van der Waals surface area contributed by atoms with Gasteiger partial charge in [0.05, 0.1) is 25.2 Å². The van der Waals surface area contributed by atoms with E-state index >= 15 is 4.11 Å². The molecule has 0 aromatic heterocycles. The number of nitrogens with zero attached hydrogens (tertiary/aromatic N) is 1. The lowest BCUT2D eigenvalue weighted by Crippen LogP contribution is -2.42. The molecule has 2 saturated heterocycles. The van der Waals surface area contributed by atoms with Crippen molar-refractivity contribution in [3.63, 3.8) is 0 Å². The highest BCUT2D eigenvalue weighted by Crippen LogP contribution is 2.59. The van der Waals surface area contributed by atoms with Crippen molar-refractivity contribution < 1.29 is 28.3 Å². The maximum Gasteiger partial charge on any atom is 0.261 e. The molecule has 0 unspecified atom stereocenters. The summed E-state index contributed by atoms with van der Waals surface area (Å²) in [5.41, 5.74) is -0.0250. The summed E-state index contributed by atoms with van der Waals surface area (Å²) in [6, 6.07) is 13.7. The Morgan fingerprint density at radius 1 is 1.24 bits per heavy atom. The summed E-state index contributed by atoms with van der Waals surface area (Å²) < 4.78 is 22.4. The van der Waals surface area contributed by atoms with Crippen LogP contribution in [0.2, 0.25) is 18.6 Å². The van der Waals surface area contributed by atoms with Crippen LogP contribution in [0, 0.1) is 5.92 Å². The van der Waals surface area contributed by atoms with Gasteiger partial charge in [0.15, 0.2) is 5.60 Å². The fourth-order valence-electron chi connectivity index (χ4n) is 6.58. The topological polar surface area (TPSA) is 108 Å². The predicted octanol–water partition coefficient (Wildman–Crippen LogP) is 4.04. The highest BCUT2D eigenvalue weighted by molar-refractivity contribution is 6.72. The summed E-state index contributed by atoms with van der Waals surface area (Å²) >= 11 is 0. The molecule has 0 radical (unpaired) electrons. The number of ether oxygens (including phenoxy) is 1. The second-order valence-corrected chi connectivity index (χ2v) is 14.9. The monoisotopic (exact) mass is 539 g/mol. The second kappa shape index (κ2) is 9.90. The summed E-state index contributed by atoms with van der Waals surface area (Å²) in [6.07, 6.45) is 0.695. The standard InChI is InChI=1S/C28H34FN3O5Si/c1-17-25(38(2,3)29)23(15-24(34)32-13-7-10-20(32)16-33)37-28(17)21-14-19(11-12-22(21)31-27(28)36)30-26(35)18-8-5-4-6-9-18/h4-6,8-9,11-12,14,17,20,23,25,33H,7,10,13,15-16H2,1-3H3,(H,30,35)(H,31,36)/t17-,20-,23+,25-,28+/m0/s1. The number of hydrogen-bond donors (Lipinski definition) is 3. The van der Waals surface area contributed by atoms with Crippen LogP contribution in [0.1, 0.15) is 42.1 Å². The summed E-state index contributed by atoms with van der Waals surface area (Å²) in [5.74, 6) is -1.42. The van der Waals surface area contributed by atoms with E-state index in [0.717, 1.165) is 12.8 Å². The van der Waals surface area contributed by atoms with Crippen molar-refractivity contribution in [2.24, 2.45) is 5.92 Å². The van der Waals surface area contributed by atoms with Gasteiger partial charge in [-0.3, -0.25) is 14.4 Å². The number of carbonyl (C=O) groups excluding carboxylic acids is 3. The van der Waals surface area contributed by atoms with E-state index in [2.05, 4.69) is 10.6 Å². The van der Waals surface area contributed by atoms with Crippen LogP contribution in [0.4, 0.5) is 15.5 Å². The van der Waals surface area contributed by atoms with Gasteiger partial charge in [0.25, 0.3) is 11.8 Å². The molecule has 3 aliphatic rings. The number of hydrogen-bond acceptors (Lipinski definition) is 5. The number of aliphatic hydroxyl groups excluding tert-OH is 1. The zero-order valence-corrected chi connectivity index (χ0v) is 22.9. The van der Waals surface area contributed by atoms with E-state index in [4.69, 9.17) is 4.74 Å². The molecule has 2 aromatic rings. The SMILES string of the molecule is C[C@H]1[C@H]([Si](C)(C)F)[C@@H](CC(=O)N2CCC[C@H]2CO)O[C@]12C(=O)Nc1ccc(NC(=O)c3ccccc3)cc12. The van der Waals surface area contributed by atoms with E-state index in [1.807, 2.05) is 13.0 Å². The van der Waals surface area contributed by atoms with Crippen molar-refractivity contribution in [1.29, 1.82) is 0 Å². The predicted molar refractivity (Wildman–Crippen MR) is 144 cm³/mol. The number of carbonyl (C=O) groups is 3. The molecule has 3 heterocycles. The Morgan fingerprint density at radius 3 is 2.66 bits per heavy atom. The molecule has 3 amide bonds. The quantitative estimate of drug-likeness (QED) is 0.379. The van der Waals surface area contributed by atoms with Crippen molar-refractivity contribution in [2.45, 2.75) is 62.6 Å². The van der Waals surface area contributed by atoms with Crippen molar-refractivity contribution in [1.82, 2.24) is 4.90 Å². The molecule has 10 heteroatoms. The second-order valence-electron chi connectivity index (χ2n) is 11.1. The minimum absolute atomic E-state index is 0.0549. The third-order valence-corrected chi connectivity index (χ3v) is 10.8. The molecule has 2 aromatic carbocycles. The summed E-state index contributed by atoms with van der Waals surface area (Å²) in [5, 5.41) is 15.4. The number of nitrogens with one attached hydrogen (secondary N) is 2. The van der Waals surface area contributed by atoms with Crippen LogP contribution in [-0.4, -0.2) is 61.4 Å². The third kappa shape index (κ3) is 4.44. The van der Waals surface area contributed by atoms with Crippen LogP contribution < -0.4 is 10.6 Å². The first-order valence-corrected chi connectivity index (χ1v) is 16.1. The maximum atomic E-state index is 15.8. The molecular formula is C28H34FN3O5Si. The number of aliphatic hydroxyl groups is 1. The zero-order chi connectivity index (χ0) is 27.2. The molecule has 5 rings (SSSR count). The first-order valence-electron chi connectivity index (χ1n) is 13.2. The number of halogens is 1. The van der Waals surface area contributed by atoms with Crippen LogP contribution >= 0.6 is 0 Å². The lowest BCUT2D eigenvalue weighted by atomic mass is 9.82. The minimum atomic E-state index is -3.41. The van der Waals surface area contributed by atoms with Crippen LogP contribution in [0.25, 0.3) is 0 Å². The van der Waals surface area contributed by atoms with Crippen LogP contribution in [0.3, 0.4) is 0 Å². The first kappa shape index (κ1) is 26.5. The highest BCUT2D eigenvalue weighted by atomic mass is 28.4. The van der Waals surface area contributed by atoms with Gasteiger partial charge in [0.2, 0.25) is 14.3 Å². The Balaban J connectivity index is 1.47. The number of anilines is 2. The van der Waals surface area contributed by atoms with Gasteiger partial charge in [-0.15, -0.1) is 0 Å². The van der Waals surface area contributed by atoms with Gasteiger partial charge in [0, 0.05) is 40.5 Å². The molecule has 38 heavy (non-hydrogen) atoms. The molecule has 0 saturated carbocycles. The normalized spacial score (nSPS) is 28.4. The van der Waals surface area contributed by atoms with Gasteiger partial charge < -0.3 is 29.5 Å². The minimum Gasteiger partial charge on any atom is -0.394 e. The lowest BCUT2D eigenvalue weighted by molar-refractivity contribution is -0.148. The number of benzene rings is 2. The third-order valence-electron chi connectivity index (χ3n) is 8.29. The largest absolute Gasteiger partial charge is 0.394 e. The fraction of sp³-hybridized carbons (Fsp3) is 0.464. The van der Waals surface area contributed by atoms with E-state index in [0.29, 0.717) is 29.0 Å². The van der Waals surface area contributed by atoms with Crippen molar-refractivity contribution >= 4 is 37.5 Å². The van der Waals surface area contributed by atoms with E-state index in [1.54, 1.807) is 60.5 Å². The zero-order valence-electron chi connectivity index (χ0n) is 21.9. The van der Waals surface area contributed by atoms with Crippen molar-refractivity contribution in [3.8, 4) is 0 Å². The highest BCUT2D eigenvalue weighted by Gasteiger charge is 2.65. The summed E-state index contributed by atoms with van der Waals surface area (Å²) in [4.78, 5) is 41.2. The van der Waals surface area contributed by atoms with Gasteiger partial charge in [0.1, 0.15) is 0 Å². The van der Waals surface area contributed by atoms with E-state index in [1.165, 1.54) is 0 Å². The Morgan fingerprint density at radius 2 is 1.97 bits per heavy atom. The van der Waals surface area contributed by atoms with E-state index in [9.17, 15) is 19.5 Å². The number of likely N-dealkylation sites (tertiary alicyclic amines) is 1. The number of fused-ring (bicyclic) bond motifs is 2. The smallest absolute Gasteiger partial charge is 0.261 e. The van der Waals surface area contributed by atoms with Gasteiger partial charge in [-0.25, -0.2) is 0 Å². The molecule has 2 fully saturated rings. The van der Waals surface area contributed by atoms with Gasteiger partial charge in [-0.1, -0.05) is 25.1 Å². The number of rotatable bonds is 6. The molecule has 5 atom stereocenters. The Labute approximate surface area is 222 Å². The fourth-order valence-corrected chi connectivity index (χ4v) is 9.07.